The van der Waals surface area contributed by atoms with Crippen LogP contribution in [0.4, 0.5) is 0 Å². The number of likely N-dealkylation sites (tertiary alicyclic amines) is 1. The van der Waals surface area contributed by atoms with Gasteiger partial charge in [-0.1, -0.05) is 30.3 Å². The maximum Gasteiger partial charge on any atom is 0.0795 e. The molecule has 0 amide bonds. The maximum atomic E-state index is 4.33. The number of benzene rings is 1. The summed E-state index contributed by atoms with van der Waals surface area (Å²) in [5.74, 6) is 0. The molecule has 1 unspecified atom stereocenters. The maximum absolute atomic E-state index is 4.33. The van der Waals surface area contributed by atoms with E-state index < -0.39 is 0 Å². The molecule has 1 aliphatic rings. The average molecular weight is 287 g/mol. The fourth-order valence-electron chi connectivity index (χ4n) is 2.85. The summed E-state index contributed by atoms with van der Waals surface area (Å²) in [5, 5.41) is 5.68. The minimum atomic E-state index is 0.484. The Morgan fingerprint density at radius 2 is 2.00 bits per heavy atom. The standard InChI is InChI=1S/C16H21N3S/c1-2-6-14(7-3-1)16(19-8-4-5-9-19)11-17-10-15-12-20-13-18-15/h1-3,6-7,12-13,16-17H,4-5,8-11H2. The van der Waals surface area contributed by atoms with Gasteiger partial charge in [0.1, 0.15) is 0 Å². The van der Waals surface area contributed by atoms with Gasteiger partial charge in [0.05, 0.1) is 11.2 Å². The van der Waals surface area contributed by atoms with Crippen LogP contribution in [-0.2, 0) is 6.54 Å². The fraction of sp³-hybridized carbons (Fsp3) is 0.438. The second kappa shape index (κ2) is 6.97. The average Bonchev–Trinajstić information content (AvgIpc) is 3.18. The van der Waals surface area contributed by atoms with Crippen LogP contribution in [0.1, 0.15) is 30.1 Å². The first-order valence-electron chi connectivity index (χ1n) is 7.30. The van der Waals surface area contributed by atoms with Crippen LogP contribution in [0.2, 0.25) is 0 Å². The number of hydrogen-bond acceptors (Lipinski definition) is 4. The number of nitrogens with zero attached hydrogens (tertiary/aromatic N) is 2. The zero-order chi connectivity index (χ0) is 13.6. The van der Waals surface area contributed by atoms with Gasteiger partial charge < -0.3 is 5.32 Å². The largest absolute Gasteiger partial charge is 0.309 e. The molecule has 1 N–H and O–H groups in total. The van der Waals surface area contributed by atoms with Crippen LogP contribution in [0.25, 0.3) is 0 Å². The Labute approximate surface area is 124 Å². The monoisotopic (exact) mass is 287 g/mol. The van der Waals surface area contributed by atoms with Crippen molar-refractivity contribution in [3.8, 4) is 0 Å². The topological polar surface area (TPSA) is 28.2 Å². The molecule has 0 saturated carbocycles. The van der Waals surface area contributed by atoms with Crippen molar-refractivity contribution < 1.29 is 0 Å². The SMILES string of the molecule is c1ccc(C(CNCc2cscn2)N2CCCC2)cc1. The van der Waals surface area contributed by atoms with Crippen LogP contribution >= 0.6 is 11.3 Å². The van der Waals surface area contributed by atoms with Crippen LogP contribution < -0.4 is 5.32 Å². The first-order valence-corrected chi connectivity index (χ1v) is 8.24. The van der Waals surface area contributed by atoms with Gasteiger partial charge in [0, 0.05) is 24.5 Å². The second-order valence-electron chi connectivity index (χ2n) is 5.28. The van der Waals surface area contributed by atoms with Gasteiger partial charge >= 0.3 is 0 Å². The highest BCUT2D eigenvalue weighted by Crippen LogP contribution is 2.24. The lowest BCUT2D eigenvalue weighted by Crippen LogP contribution is -2.34. The molecule has 1 fully saturated rings. The molecular weight excluding hydrogens is 266 g/mol. The van der Waals surface area contributed by atoms with E-state index in [2.05, 4.69) is 50.9 Å². The lowest BCUT2D eigenvalue weighted by Gasteiger charge is -2.28. The molecular formula is C16H21N3S. The van der Waals surface area contributed by atoms with Gasteiger partial charge in [0.2, 0.25) is 0 Å². The van der Waals surface area contributed by atoms with E-state index in [1.807, 2.05) is 5.51 Å². The molecule has 1 aromatic carbocycles. The van der Waals surface area contributed by atoms with Gasteiger partial charge in [-0.15, -0.1) is 11.3 Å². The highest BCUT2D eigenvalue weighted by Gasteiger charge is 2.22. The molecule has 1 saturated heterocycles. The third kappa shape index (κ3) is 3.45. The van der Waals surface area contributed by atoms with E-state index >= 15 is 0 Å². The Kier molecular flexibility index (Phi) is 4.79. The number of nitrogens with one attached hydrogen (secondary N) is 1. The molecule has 0 radical (unpaired) electrons. The van der Waals surface area contributed by atoms with Crippen LogP contribution in [0.3, 0.4) is 0 Å². The van der Waals surface area contributed by atoms with E-state index in [0.717, 1.165) is 18.8 Å². The quantitative estimate of drug-likeness (QED) is 0.885. The highest BCUT2D eigenvalue weighted by molar-refractivity contribution is 7.07. The lowest BCUT2D eigenvalue weighted by atomic mass is 10.1. The fourth-order valence-corrected chi connectivity index (χ4v) is 3.41. The zero-order valence-corrected chi connectivity index (χ0v) is 12.5. The third-order valence-corrected chi connectivity index (χ3v) is 4.53. The van der Waals surface area contributed by atoms with Crippen molar-refractivity contribution in [3.63, 3.8) is 0 Å². The zero-order valence-electron chi connectivity index (χ0n) is 11.7. The van der Waals surface area contributed by atoms with E-state index in [1.165, 1.54) is 31.5 Å². The predicted octanol–water partition coefficient (Wildman–Crippen LogP) is 3.07. The van der Waals surface area contributed by atoms with E-state index in [0.29, 0.717) is 6.04 Å². The molecule has 3 nitrogen and oxygen atoms in total. The second-order valence-corrected chi connectivity index (χ2v) is 6.00. The van der Waals surface area contributed by atoms with Gasteiger partial charge in [-0.05, 0) is 31.5 Å². The summed E-state index contributed by atoms with van der Waals surface area (Å²) in [7, 11) is 0. The van der Waals surface area contributed by atoms with Crippen molar-refractivity contribution in [2.45, 2.75) is 25.4 Å². The van der Waals surface area contributed by atoms with Crippen molar-refractivity contribution in [2.24, 2.45) is 0 Å². The minimum absolute atomic E-state index is 0.484. The Bertz CT molecular complexity index is 492. The molecule has 2 aromatic rings. The highest BCUT2D eigenvalue weighted by atomic mass is 32.1. The molecule has 0 spiro atoms. The van der Waals surface area contributed by atoms with Crippen LogP contribution in [-0.4, -0.2) is 29.5 Å². The van der Waals surface area contributed by atoms with Crippen molar-refractivity contribution in [3.05, 3.63) is 52.5 Å². The molecule has 3 rings (SSSR count). The predicted molar refractivity (Wildman–Crippen MR) is 83.8 cm³/mol. The third-order valence-electron chi connectivity index (χ3n) is 3.89. The summed E-state index contributed by atoms with van der Waals surface area (Å²) in [5.41, 5.74) is 4.45. The van der Waals surface area contributed by atoms with E-state index in [4.69, 9.17) is 0 Å². The van der Waals surface area contributed by atoms with E-state index in [-0.39, 0.29) is 0 Å². The molecule has 1 aliphatic heterocycles. The van der Waals surface area contributed by atoms with Crippen LogP contribution in [0.5, 0.6) is 0 Å². The summed E-state index contributed by atoms with van der Waals surface area (Å²) in [4.78, 5) is 6.93. The summed E-state index contributed by atoms with van der Waals surface area (Å²) in [6.07, 6.45) is 2.66. The molecule has 106 valence electrons. The van der Waals surface area contributed by atoms with E-state index in [9.17, 15) is 0 Å². The van der Waals surface area contributed by atoms with Crippen molar-refractivity contribution in [1.29, 1.82) is 0 Å². The van der Waals surface area contributed by atoms with Crippen LogP contribution in [0, 0.1) is 0 Å². The van der Waals surface area contributed by atoms with Crippen molar-refractivity contribution in [2.75, 3.05) is 19.6 Å². The van der Waals surface area contributed by atoms with Crippen molar-refractivity contribution >= 4 is 11.3 Å². The molecule has 20 heavy (non-hydrogen) atoms. The van der Waals surface area contributed by atoms with Gasteiger partial charge in [-0.25, -0.2) is 4.98 Å². The van der Waals surface area contributed by atoms with E-state index in [1.54, 1.807) is 11.3 Å². The molecule has 1 aromatic heterocycles. The first kappa shape index (κ1) is 13.7. The minimum Gasteiger partial charge on any atom is -0.309 e. The van der Waals surface area contributed by atoms with Crippen molar-refractivity contribution in [1.82, 2.24) is 15.2 Å². The Morgan fingerprint density at radius 3 is 2.70 bits per heavy atom. The molecule has 1 atom stereocenters. The number of aromatic nitrogens is 1. The van der Waals surface area contributed by atoms with Gasteiger partial charge in [-0.2, -0.15) is 0 Å². The molecule has 4 heteroatoms. The van der Waals surface area contributed by atoms with Gasteiger partial charge in [0.25, 0.3) is 0 Å². The lowest BCUT2D eigenvalue weighted by molar-refractivity contribution is 0.238. The molecule has 0 bridgehead atoms. The number of thiazole rings is 1. The summed E-state index contributed by atoms with van der Waals surface area (Å²) < 4.78 is 0. The van der Waals surface area contributed by atoms with Gasteiger partial charge in [-0.3, -0.25) is 4.90 Å². The Morgan fingerprint density at radius 1 is 1.20 bits per heavy atom. The normalized spacial score (nSPS) is 17.4. The Hall–Kier alpha value is -1.23. The van der Waals surface area contributed by atoms with Crippen LogP contribution in [0.15, 0.2) is 41.2 Å². The van der Waals surface area contributed by atoms with Gasteiger partial charge in [0.15, 0.2) is 0 Å². The summed E-state index contributed by atoms with van der Waals surface area (Å²) in [6.45, 7) is 4.29. The smallest absolute Gasteiger partial charge is 0.0795 e. The molecule has 0 aliphatic carbocycles. The summed E-state index contributed by atoms with van der Waals surface area (Å²) in [6, 6.07) is 11.3. The number of rotatable bonds is 6. The Balaban J connectivity index is 1.63. The molecule has 2 heterocycles. The summed E-state index contributed by atoms with van der Waals surface area (Å²) >= 11 is 1.66. The number of hydrogen-bond donors (Lipinski definition) is 1. The first-order chi connectivity index (χ1) is 9.93.